The van der Waals surface area contributed by atoms with Crippen molar-refractivity contribution in [2.75, 3.05) is 5.32 Å². The number of halogens is 1. The van der Waals surface area contributed by atoms with Crippen molar-refractivity contribution < 1.29 is 0 Å². The summed E-state index contributed by atoms with van der Waals surface area (Å²) in [6.07, 6.45) is 1.68. The lowest BCUT2D eigenvalue weighted by molar-refractivity contribution is 1.09. The van der Waals surface area contributed by atoms with Crippen molar-refractivity contribution in [3.8, 4) is 0 Å². The van der Waals surface area contributed by atoms with Gasteiger partial charge in [0.25, 0.3) is 0 Å². The fourth-order valence-corrected chi connectivity index (χ4v) is 2.03. The van der Waals surface area contributed by atoms with Crippen LogP contribution in [0.1, 0.15) is 11.1 Å². The number of aryl methyl sites for hydroxylation is 2. The van der Waals surface area contributed by atoms with Crippen molar-refractivity contribution in [1.82, 2.24) is 20.2 Å². The van der Waals surface area contributed by atoms with E-state index in [9.17, 15) is 0 Å². The molecule has 0 aliphatic heterocycles. The molecule has 1 aromatic carbocycles. The summed E-state index contributed by atoms with van der Waals surface area (Å²) in [5.74, 6) is 0.645. The van der Waals surface area contributed by atoms with Gasteiger partial charge in [-0.15, -0.1) is 0 Å². The molecule has 19 heavy (non-hydrogen) atoms. The molecule has 0 aliphatic carbocycles. The number of aromatic amines is 1. The monoisotopic (exact) mass is 273 g/mol. The second-order valence-electron chi connectivity index (χ2n) is 4.40. The van der Waals surface area contributed by atoms with E-state index in [0.29, 0.717) is 11.5 Å². The van der Waals surface area contributed by atoms with E-state index in [1.54, 1.807) is 6.20 Å². The number of anilines is 2. The van der Waals surface area contributed by atoms with Crippen LogP contribution in [0.3, 0.4) is 0 Å². The zero-order valence-electron chi connectivity index (χ0n) is 10.5. The first kappa shape index (κ1) is 11.9. The van der Waals surface area contributed by atoms with Gasteiger partial charge in [0, 0.05) is 5.69 Å². The number of fused-ring (bicyclic) bond motifs is 1. The molecule has 2 aromatic heterocycles. The molecule has 0 spiro atoms. The predicted molar refractivity (Wildman–Crippen MR) is 75.9 cm³/mol. The van der Waals surface area contributed by atoms with Crippen molar-refractivity contribution in [3.05, 3.63) is 40.8 Å². The van der Waals surface area contributed by atoms with Crippen LogP contribution in [0.25, 0.3) is 11.0 Å². The maximum Gasteiger partial charge on any atom is 0.226 e. The zero-order chi connectivity index (χ0) is 13.4. The number of H-pyrrole nitrogens is 1. The Kier molecular flexibility index (Phi) is 2.83. The van der Waals surface area contributed by atoms with Crippen LogP contribution in [0.15, 0.2) is 24.4 Å². The van der Waals surface area contributed by atoms with Gasteiger partial charge in [-0.05, 0) is 48.7 Å². The van der Waals surface area contributed by atoms with Gasteiger partial charge >= 0.3 is 0 Å². The molecule has 5 nitrogen and oxygen atoms in total. The minimum Gasteiger partial charge on any atom is -0.339 e. The lowest BCUT2D eigenvalue weighted by atomic mass is 10.1. The predicted octanol–water partition coefficient (Wildman–Crippen LogP) is 3.37. The highest BCUT2D eigenvalue weighted by Crippen LogP contribution is 2.24. The van der Waals surface area contributed by atoms with E-state index in [-0.39, 0.29) is 5.28 Å². The highest BCUT2D eigenvalue weighted by atomic mass is 35.5. The summed E-state index contributed by atoms with van der Waals surface area (Å²) in [6.45, 7) is 4.15. The summed E-state index contributed by atoms with van der Waals surface area (Å²) >= 11 is 5.89. The van der Waals surface area contributed by atoms with Gasteiger partial charge in [0.15, 0.2) is 5.65 Å². The van der Waals surface area contributed by atoms with Gasteiger partial charge in [-0.25, -0.2) is 0 Å². The van der Waals surface area contributed by atoms with Crippen LogP contribution >= 0.6 is 11.6 Å². The van der Waals surface area contributed by atoms with Gasteiger partial charge < -0.3 is 5.32 Å². The number of nitrogens with zero attached hydrogens (tertiary/aromatic N) is 3. The molecule has 0 fully saturated rings. The van der Waals surface area contributed by atoms with E-state index >= 15 is 0 Å². The third-order valence-electron chi connectivity index (χ3n) is 3.05. The average molecular weight is 274 g/mol. The quantitative estimate of drug-likeness (QED) is 0.703. The first-order valence-electron chi connectivity index (χ1n) is 5.84. The zero-order valence-corrected chi connectivity index (χ0v) is 11.3. The minimum atomic E-state index is 0.183. The Morgan fingerprint density at radius 3 is 2.79 bits per heavy atom. The standard InChI is InChI=1S/C13H12ClN5/c1-7-3-4-9(5-8(7)2)16-11-10-6-15-19-12(10)18-13(14)17-11/h3-6H,1-2H3,(H2,15,16,17,18,19). The Labute approximate surface area is 115 Å². The maximum absolute atomic E-state index is 5.89. The molecule has 3 aromatic rings. The largest absolute Gasteiger partial charge is 0.339 e. The first-order valence-corrected chi connectivity index (χ1v) is 6.22. The molecule has 2 N–H and O–H groups in total. The molecule has 0 saturated carbocycles. The van der Waals surface area contributed by atoms with Crippen LogP contribution in [0, 0.1) is 13.8 Å². The lowest BCUT2D eigenvalue weighted by Gasteiger charge is -2.08. The Hall–Kier alpha value is -2.14. The van der Waals surface area contributed by atoms with Gasteiger partial charge in [-0.3, -0.25) is 5.10 Å². The molecule has 0 amide bonds. The normalized spacial score (nSPS) is 10.9. The summed E-state index contributed by atoms with van der Waals surface area (Å²) in [5, 5.41) is 11.0. The highest BCUT2D eigenvalue weighted by molar-refractivity contribution is 6.28. The van der Waals surface area contributed by atoms with Crippen molar-refractivity contribution in [1.29, 1.82) is 0 Å². The molecule has 0 radical (unpaired) electrons. The van der Waals surface area contributed by atoms with Gasteiger partial charge in [0.05, 0.1) is 11.6 Å². The molecule has 0 atom stereocenters. The Balaban J connectivity index is 2.04. The van der Waals surface area contributed by atoms with E-state index in [4.69, 9.17) is 11.6 Å². The molecule has 3 rings (SSSR count). The fraction of sp³-hybridized carbons (Fsp3) is 0.154. The molecular formula is C13H12ClN5. The van der Waals surface area contributed by atoms with Crippen LogP contribution in [0.4, 0.5) is 11.5 Å². The Bertz CT molecular complexity index is 750. The van der Waals surface area contributed by atoms with Crippen molar-refractivity contribution in [3.63, 3.8) is 0 Å². The Morgan fingerprint density at radius 2 is 2.00 bits per heavy atom. The summed E-state index contributed by atoms with van der Waals surface area (Å²) < 4.78 is 0. The third-order valence-corrected chi connectivity index (χ3v) is 3.22. The number of benzene rings is 1. The molecule has 2 heterocycles. The Morgan fingerprint density at radius 1 is 1.16 bits per heavy atom. The molecule has 0 bridgehead atoms. The van der Waals surface area contributed by atoms with Gasteiger partial charge in [0.2, 0.25) is 5.28 Å². The summed E-state index contributed by atoms with van der Waals surface area (Å²) in [4.78, 5) is 8.27. The SMILES string of the molecule is Cc1ccc(Nc2nc(Cl)nc3[nH]ncc23)cc1C. The van der Waals surface area contributed by atoms with E-state index in [1.165, 1.54) is 11.1 Å². The van der Waals surface area contributed by atoms with Gasteiger partial charge in [-0.1, -0.05) is 6.07 Å². The van der Waals surface area contributed by atoms with Crippen LogP contribution in [-0.4, -0.2) is 20.2 Å². The fourth-order valence-electron chi connectivity index (χ4n) is 1.86. The molecule has 96 valence electrons. The molecular weight excluding hydrogens is 262 g/mol. The van der Waals surface area contributed by atoms with Crippen molar-refractivity contribution in [2.45, 2.75) is 13.8 Å². The molecule has 0 saturated heterocycles. The summed E-state index contributed by atoms with van der Waals surface area (Å²) in [5.41, 5.74) is 4.04. The summed E-state index contributed by atoms with van der Waals surface area (Å²) in [6, 6.07) is 6.13. The second-order valence-corrected chi connectivity index (χ2v) is 4.74. The minimum absolute atomic E-state index is 0.183. The number of hydrogen-bond donors (Lipinski definition) is 2. The average Bonchev–Trinajstić information content (AvgIpc) is 2.82. The van der Waals surface area contributed by atoms with Crippen LogP contribution in [-0.2, 0) is 0 Å². The van der Waals surface area contributed by atoms with Crippen LogP contribution in [0.5, 0.6) is 0 Å². The van der Waals surface area contributed by atoms with E-state index in [0.717, 1.165) is 11.1 Å². The molecule has 0 aliphatic rings. The second kappa shape index (κ2) is 4.51. The number of aromatic nitrogens is 4. The van der Waals surface area contributed by atoms with Crippen molar-refractivity contribution >= 4 is 34.1 Å². The van der Waals surface area contributed by atoms with Crippen LogP contribution in [0.2, 0.25) is 5.28 Å². The first-order chi connectivity index (χ1) is 9.13. The van der Waals surface area contributed by atoms with E-state index < -0.39 is 0 Å². The number of hydrogen-bond acceptors (Lipinski definition) is 4. The third kappa shape index (κ3) is 2.24. The smallest absolute Gasteiger partial charge is 0.226 e. The molecule has 6 heteroatoms. The lowest BCUT2D eigenvalue weighted by Crippen LogP contribution is -1.97. The van der Waals surface area contributed by atoms with E-state index in [2.05, 4.69) is 51.5 Å². The number of rotatable bonds is 2. The van der Waals surface area contributed by atoms with Gasteiger partial charge in [-0.2, -0.15) is 15.1 Å². The maximum atomic E-state index is 5.89. The topological polar surface area (TPSA) is 66.5 Å². The van der Waals surface area contributed by atoms with Crippen molar-refractivity contribution in [2.24, 2.45) is 0 Å². The number of nitrogens with one attached hydrogen (secondary N) is 2. The van der Waals surface area contributed by atoms with E-state index in [1.807, 2.05) is 6.07 Å². The van der Waals surface area contributed by atoms with Gasteiger partial charge in [0.1, 0.15) is 5.82 Å². The van der Waals surface area contributed by atoms with Crippen LogP contribution < -0.4 is 5.32 Å². The summed E-state index contributed by atoms with van der Waals surface area (Å²) in [7, 11) is 0. The molecule has 0 unspecified atom stereocenters. The highest BCUT2D eigenvalue weighted by Gasteiger charge is 2.08.